The summed E-state index contributed by atoms with van der Waals surface area (Å²) in [5.41, 5.74) is -0.782. The second-order valence-electron chi connectivity index (χ2n) is 11.4. The predicted octanol–water partition coefficient (Wildman–Crippen LogP) is 2.88. The Morgan fingerprint density at radius 1 is 1.06 bits per heavy atom. The second-order valence-corrected chi connectivity index (χ2v) is 11.4. The molecular weight excluding hydrogens is 430 g/mol. The molecule has 1 aromatic heterocycles. The van der Waals surface area contributed by atoms with Crippen molar-refractivity contribution in [1.29, 1.82) is 0 Å². The fourth-order valence-electron chi connectivity index (χ4n) is 8.26. The van der Waals surface area contributed by atoms with Crippen LogP contribution in [0.15, 0.2) is 60.0 Å². The molecule has 1 aromatic carbocycles. The Kier molecular flexibility index (Phi) is 4.09. The summed E-state index contributed by atoms with van der Waals surface area (Å²) < 4.78 is 6.91. The first-order chi connectivity index (χ1) is 16.2. The molecule has 178 valence electrons. The van der Waals surface area contributed by atoms with Crippen LogP contribution in [0.5, 0.6) is 0 Å². The lowest BCUT2D eigenvalue weighted by atomic mass is 9.56. The Bertz CT molecular complexity index is 1270. The zero-order valence-electron chi connectivity index (χ0n) is 19.3. The van der Waals surface area contributed by atoms with E-state index in [1.54, 1.807) is 12.4 Å². The lowest BCUT2D eigenvalue weighted by Crippen LogP contribution is -2.60. The number of hydrogen-bond donors (Lipinski definition) is 4. The highest BCUT2D eigenvalue weighted by Gasteiger charge is 2.73. The van der Waals surface area contributed by atoms with Crippen LogP contribution in [0.25, 0.3) is 10.8 Å². The molecule has 3 heterocycles. The van der Waals surface area contributed by atoms with Crippen molar-refractivity contribution in [1.82, 2.24) is 4.98 Å². The molecule has 1 unspecified atom stereocenters. The van der Waals surface area contributed by atoms with Gasteiger partial charge >= 0.3 is 0 Å². The van der Waals surface area contributed by atoms with Crippen LogP contribution in [0.1, 0.15) is 51.0 Å². The molecule has 6 nitrogen and oxygen atoms in total. The Hall–Kier alpha value is -2.09. The van der Waals surface area contributed by atoms with Gasteiger partial charge in [0.25, 0.3) is 0 Å². The average molecular weight is 462 g/mol. The van der Waals surface area contributed by atoms with E-state index in [1.165, 1.54) is 0 Å². The second kappa shape index (κ2) is 6.56. The van der Waals surface area contributed by atoms with Gasteiger partial charge in [0.1, 0.15) is 17.3 Å². The summed E-state index contributed by atoms with van der Waals surface area (Å²) in [4.78, 5) is 4.23. The van der Waals surface area contributed by atoms with Gasteiger partial charge in [-0.3, -0.25) is 4.98 Å². The maximum atomic E-state index is 12.3. The minimum absolute atomic E-state index is 0.131. The molecular formula is C28H31NO5. The molecule has 0 amide bonds. The maximum absolute atomic E-state index is 12.3. The van der Waals surface area contributed by atoms with E-state index < -0.39 is 40.5 Å². The number of hydrogen-bond acceptors (Lipinski definition) is 6. The van der Waals surface area contributed by atoms with Gasteiger partial charge in [0.05, 0.1) is 17.8 Å². The standard InChI is InChI=1S/C28H31NO5/c1-25-8-6-19-13-18-4-5-21(30)24(32)27(18)10-9-26(19,34-27)22(25)14-23(31)28(25,33)20-3-2-16-7-11-29-15-17(16)12-20/h2-3,6-7,11-13,15,21-24,30-33H,4-5,8-10,14H2,1H3/t21-,22-,23-,24-,25+,26?,27+,28-/m1/s1. The molecule has 2 bridgehead atoms. The zero-order valence-corrected chi connectivity index (χ0v) is 19.3. The van der Waals surface area contributed by atoms with Gasteiger partial charge in [-0.2, -0.15) is 0 Å². The Balaban J connectivity index is 1.37. The normalized spacial score (nSPS) is 47.0. The van der Waals surface area contributed by atoms with Gasteiger partial charge in [0.2, 0.25) is 0 Å². The van der Waals surface area contributed by atoms with Crippen LogP contribution in [-0.2, 0) is 10.3 Å². The minimum Gasteiger partial charge on any atom is -0.390 e. The molecule has 5 aliphatic rings. The number of pyridine rings is 1. The molecule has 3 aliphatic carbocycles. The molecule has 1 saturated heterocycles. The number of rotatable bonds is 1. The molecule has 2 saturated carbocycles. The van der Waals surface area contributed by atoms with Gasteiger partial charge in [-0.25, -0.2) is 0 Å². The van der Waals surface area contributed by atoms with Crippen molar-refractivity contribution in [2.24, 2.45) is 11.3 Å². The highest BCUT2D eigenvalue weighted by Crippen LogP contribution is 2.70. The number of allylic oxidation sites excluding steroid dienone is 1. The van der Waals surface area contributed by atoms with Crippen LogP contribution in [0, 0.1) is 11.3 Å². The molecule has 2 spiro atoms. The highest BCUT2D eigenvalue weighted by atomic mass is 16.5. The lowest BCUT2D eigenvalue weighted by Gasteiger charge is -2.56. The first kappa shape index (κ1) is 21.2. The number of benzene rings is 1. The summed E-state index contributed by atoms with van der Waals surface area (Å²) in [6.45, 7) is 2.07. The third-order valence-electron chi connectivity index (χ3n) is 10.1. The first-order valence-electron chi connectivity index (χ1n) is 12.5. The lowest BCUT2D eigenvalue weighted by molar-refractivity contribution is -0.206. The monoisotopic (exact) mass is 461 g/mol. The van der Waals surface area contributed by atoms with E-state index in [9.17, 15) is 20.4 Å². The smallest absolute Gasteiger partial charge is 0.121 e. The highest BCUT2D eigenvalue weighted by molar-refractivity contribution is 5.82. The minimum atomic E-state index is -1.45. The van der Waals surface area contributed by atoms with Crippen LogP contribution in [0.3, 0.4) is 0 Å². The molecule has 4 N–H and O–H groups in total. The molecule has 0 radical (unpaired) electrons. The van der Waals surface area contributed by atoms with Crippen molar-refractivity contribution in [2.45, 2.75) is 80.6 Å². The van der Waals surface area contributed by atoms with Crippen LogP contribution in [0.4, 0.5) is 0 Å². The van der Waals surface area contributed by atoms with Crippen LogP contribution in [-0.4, -0.2) is 54.9 Å². The Morgan fingerprint density at radius 2 is 1.88 bits per heavy atom. The molecule has 3 fully saturated rings. The van der Waals surface area contributed by atoms with Gasteiger partial charge in [0.15, 0.2) is 0 Å². The van der Waals surface area contributed by atoms with Crippen LogP contribution in [0.2, 0.25) is 0 Å². The van der Waals surface area contributed by atoms with E-state index in [0.29, 0.717) is 44.1 Å². The summed E-state index contributed by atoms with van der Waals surface area (Å²) in [6, 6.07) is 7.79. The molecule has 7 rings (SSSR count). The third-order valence-corrected chi connectivity index (χ3v) is 10.1. The van der Waals surface area contributed by atoms with Crippen molar-refractivity contribution in [3.05, 3.63) is 65.5 Å². The summed E-state index contributed by atoms with van der Waals surface area (Å²) in [5, 5.41) is 47.3. The number of ether oxygens (including phenoxy) is 1. The Morgan fingerprint density at radius 3 is 2.74 bits per heavy atom. The molecule has 6 heteroatoms. The van der Waals surface area contributed by atoms with Crippen molar-refractivity contribution in [3.8, 4) is 0 Å². The van der Waals surface area contributed by atoms with Gasteiger partial charge in [-0.15, -0.1) is 0 Å². The maximum Gasteiger partial charge on any atom is 0.121 e. The van der Waals surface area contributed by atoms with E-state index in [1.807, 2.05) is 24.3 Å². The van der Waals surface area contributed by atoms with E-state index in [4.69, 9.17) is 4.74 Å². The Labute approximate surface area is 198 Å². The number of aliphatic hydroxyl groups excluding tert-OH is 3. The number of nitrogens with zero attached hydrogens (tertiary/aromatic N) is 1. The number of fused-ring (bicyclic) bond motifs is 2. The van der Waals surface area contributed by atoms with E-state index >= 15 is 0 Å². The summed E-state index contributed by atoms with van der Waals surface area (Å²) in [7, 11) is 0. The summed E-state index contributed by atoms with van der Waals surface area (Å²) in [6.07, 6.45) is 8.82. The van der Waals surface area contributed by atoms with E-state index in [0.717, 1.165) is 21.9 Å². The van der Waals surface area contributed by atoms with E-state index in [-0.39, 0.29) is 5.92 Å². The molecule has 2 aliphatic heterocycles. The van der Waals surface area contributed by atoms with Crippen molar-refractivity contribution >= 4 is 10.8 Å². The zero-order chi connectivity index (χ0) is 23.5. The number of aliphatic hydroxyl groups is 4. The number of aromatic nitrogens is 1. The third kappa shape index (κ3) is 2.27. The molecule has 34 heavy (non-hydrogen) atoms. The van der Waals surface area contributed by atoms with Gasteiger partial charge in [0, 0.05) is 29.1 Å². The molecule has 8 atom stereocenters. The van der Waals surface area contributed by atoms with Crippen molar-refractivity contribution < 1.29 is 25.2 Å². The quantitative estimate of drug-likeness (QED) is 0.521. The molecule has 2 aromatic rings. The van der Waals surface area contributed by atoms with Gasteiger partial charge < -0.3 is 25.2 Å². The van der Waals surface area contributed by atoms with E-state index in [2.05, 4.69) is 24.1 Å². The topological polar surface area (TPSA) is 103 Å². The SMILES string of the molecule is C[C@]12CC=C3C=C4CC[C@@H](O)[C@@H](O)[C@]45CCC3(O5)[C@@H]1C[C@@H](O)[C@]2(O)c1ccc2ccncc2c1. The van der Waals surface area contributed by atoms with Crippen LogP contribution < -0.4 is 0 Å². The van der Waals surface area contributed by atoms with Crippen molar-refractivity contribution in [2.75, 3.05) is 0 Å². The summed E-state index contributed by atoms with van der Waals surface area (Å²) in [5.74, 6) is -0.131. The van der Waals surface area contributed by atoms with Gasteiger partial charge in [-0.05, 0) is 72.8 Å². The van der Waals surface area contributed by atoms with Crippen molar-refractivity contribution in [3.63, 3.8) is 0 Å². The average Bonchev–Trinajstić information content (AvgIpc) is 3.28. The van der Waals surface area contributed by atoms with Gasteiger partial charge in [-0.1, -0.05) is 31.2 Å². The summed E-state index contributed by atoms with van der Waals surface area (Å²) >= 11 is 0. The predicted molar refractivity (Wildman–Crippen MR) is 126 cm³/mol. The van der Waals surface area contributed by atoms with Crippen LogP contribution >= 0.6 is 0 Å². The largest absolute Gasteiger partial charge is 0.390 e. The fraction of sp³-hybridized carbons (Fsp3) is 0.536. The first-order valence-corrected chi connectivity index (χ1v) is 12.5. The fourth-order valence-corrected chi connectivity index (χ4v) is 8.26.